The van der Waals surface area contributed by atoms with Crippen molar-refractivity contribution in [3.63, 3.8) is 0 Å². The van der Waals surface area contributed by atoms with Crippen LogP contribution in [0.5, 0.6) is 0 Å². The Balaban J connectivity index is 1.82. The van der Waals surface area contributed by atoms with Crippen LogP contribution in [0.2, 0.25) is 0 Å². The van der Waals surface area contributed by atoms with Gasteiger partial charge in [-0.15, -0.1) is 0 Å². The molecule has 0 spiro atoms. The predicted molar refractivity (Wildman–Crippen MR) is 83.4 cm³/mol. The number of sulfonamides is 1. The summed E-state index contributed by atoms with van der Waals surface area (Å²) in [5, 5.41) is 3.07. The quantitative estimate of drug-likeness (QED) is 0.801. The largest absolute Gasteiger partial charge is 0.316 e. The zero-order chi connectivity index (χ0) is 14.9. The van der Waals surface area contributed by atoms with E-state index in [0.717, 1.165) is 5.56 Å². The molecule has 116 valence electrons. The smallest absolute Gasteiger partial charge is 0.243 e. The van der Waals surface area contributed by atoms with Crippen molar-refractivity contribution in [1.29, 1.82) is 0 Å². The van der Waals surface area contributed by atoms with Crippen LogP contribution >= 0.6 is 0 Å². The normalized spacial score (nSPS) is 19.1. The lowest BCUT2D eigenvalue weighted by Gasteiger charge is -2.22. The standard InChI is InChI=1S/C16H24N2O2S/c1-17-10-15-3-2-4-16(9-15)21(19,20)18(11-13-5-6-13)12-14-7-8-14/h2-4,9,13-14,17H,5-8,10-12H2,1H3. The zero-order valence-electron chi connectivity index (χ0n) is 12.6. The van der Waals surface area contributed by atoms with Crippen LogP contribution in [-0.2, 0) is 16.6 Å². The third-order valence-corrected chi connectivity index (χ3v) is 6.06. The van der Waals surface area contributed by atoms with Crippen LogP contribution in [0.1, 0.15) is 31.2 Å². The van der Waals surface area contributed by atoms with E-state index in [1.165, 1.54) is 25.7 Å². The Morgan fingerprint density at radius 1 is 1.14 bits per heavy atom. The first-order valence-corrected chi connectivity index (χ1v) is 9.27. The third kappa shape index (κ3) is 3.84. The van der Waals surface area contributed by atoms with Gasteiger partial charge in [0.1, 0.15) is 0 Å². The van der Waals surface area contributed by atoms with Gasteiger partial charge in [0.15, 0.2) is 0 Å². The molecule has 0 radical (unpaired) electrons. The van der Waals surface area contributed by atoms with Crippen LogP contribution in [0, 0.1) is 11.8 Å². The van der Waals surface area contributed by atoms with E-state index >= 15 is 0 Å². The maximum absolute atomic E-state index is 12.9. The maximum atomic E-state index is 12.9. The Morgan fingerprint density at radius 3 is 2.29 bits per heavy atom. The summed E-state index contributed by atoms with van der Waals surface area (Å²) in [5.74, 6) is 1.16. The lowest BCUT2D eigenvalue weighted by atomic mass is 10.2. The molecule has 2 saturated carbocycles. The van der Waals surface area contributed by atoms with Gasteiger partial charge in [-0.1, -0.05) is 12.1 Å². The molecule has 0 aromatic heterocycles. The van der Waals surface area contributed by atoms with Gasteiger partial charge < -0.3 is 5.32 Å². The zero-order valence-corrected chi connectivity index (χ0v) is 13.4. The molecule has 3 rings (SSSR count). The summed E-state index contributed by atoms with van der Waals surface area (Å²) >= 11 is 0. The van der Waals surface area contributed by atoms with Crippen molar-refractivity contribution in [2.45, 2.75) is 37.1 Å². The first kappa shape index (κ1) is 15.0. The minimum atomic E-state index is -3.35. The topological polar surface area (TPSA) is 49.4 Å². The van der Waals surface area contributed by atoms with E-state index in [2.05, 4.69) is 5.32 Å². The highest BCUT2D eigenvalue weighted by molar-refractivity contribution is 7.89. The molecular formula is C16H24N2O2S. The highest BCUT2D eigenvalue weighted by atomic mass is 32.2. The lowest BCUT2D eigenvalue weighted by Crippen LogP contribution is -2.34. The van der Waals surface area contributed by atoms with Crippen LogP contribution < -0.4 is 5.32 Å². The predicted octanol–water partition coefficient (Wildman–Crippen LogP) is 2.22. The van der Waals surface area contributed by atoms with Crippen molar-refractivity contribution in [2.75, 3.05) is 20.1 Å². The molecule has 4 nitrogen and oxygen atoms in total. The molecule has 2 aliphatic rings. The van der Waals surface area contributed by atoms with Gasteiger partial charge in [0.05, 0.1) is 4.90 Å². The molecule has 0 unspecified atom stereocenters. The molecule has 0 atom stereocenters. The summed E-state index contributed by atoms with van der Waals surface area (Å²) in [5.41, 5.74) is 1.01. The van der Waals surface area contributed by atoms with Crippen molar-refractivity contribution in [3.05, 3.63) is 29.8 Å². The lowest BCUT2D eigenvalue weighted by molar-refractivity contribution is 0.382. The molecule has 0 amide bonds. The molecule has 5 heteroatoms. The van der Waals surface area contributed by atoms with Gasteiger partial charge in [0.25, 0.3) is 0 Å². The van der Waals surface area contributed by atoms with Crippen LogP contribution in [0.3, 0.4) is 0 Å². The van der Waals surface area contributed by atoms with Crippen LogP contribution in [0.25, 0.3) is 0 Å². The Labute approximate surface area is 127 Å². The number of benzene rings is 1. The van der Waals surface area contributed by atoms with Gasteiger partial charge >= 0.3 is 0 Å². The minimum Gasteiger partial charge on any atom is -0.316 e. The fraction of sp³-hybridized carbons (Fsp3) is 0.625. The van der Waals surface area contributed by atoms with Gasteiger partial charge in [-0.25, -0.2) is 8.42 Å². The first-order chi connectivity index (χ1) is 10.1. The van der Waals surface area contributed by atoms with Crippen molar-refractivity contribution in [2.24, 2.45) is 11.8 Å². The van der Waals surface area contributed by atoms with Gasteiger partial charge in [0.2, 0.25) is 10.0 Å². The van der Waals surface area contributed by atoms with E-state index in [1.807, 2.05) is 19.2 Å². The summed E-state index contributed by atoms with van der Waals surface area (Å²) in [4.78, 5) is 0.441. The monoisotopic (exact) mass is 308 g/mol. The van der Waals surface area contributed by atoms with Crippen molar-refractivity contribution in [3.8, 4) is 0 Å². The molecule has 0 aliphatic heterocycles. The fourth-order valence-electron chi connectivity index (χ4n) is 2.62. The van der Waals surface area contributed by atoms with E-state index < -0.39 is 10.0 Å². The highest BCUT2D eigenvalue weighted by Gasteiger charge is 2.35. The highest BCUT2D eigenvalue weighted by Crippen LogP contribution is 2.36. The molecule has 1 aromatic rings. The van der Waals surface area contributed by atoms with E-state index in [9.17, 15) is 8.42 Å². The molecule has 0 bridgehead atoms. The van der Waals surface area contributed by atoms with Crippen molar-refractivity contribution < 1.29 is 8.42 Å². The number of nitrogens with one attached hydrogen (secondary N) is 1. The average Bonchev–Trinajstić information content (AvgIpc) is 3.34. The first-order valence-electron chi connectivity index (χ1n) is 7.83. The molecule has 0 saturated heterocycles. The molecule has 21 heavy (non-hydrogen) atoms. The molecule has 2 aliphatic carbocycles. The number of nitrogens with zero attached hydrogens (tertiary/aromatic N) is 1. The van der Waals surface area contributed by atoms with E-state index in [4.69, 9.17) is 0 Å². The van der Waals surface area contributed by atoms with Gasteiger partial charge in [-0.2, -0.15) is 4.31 Å². The van der Waals surface area contributed by atoms with Gasteiger partial charge in [-0.05, 0) is 62.3 Å². The van der Waals surface area contributed by atoms with Crippen LogP contribution in [-0.4, -0.2) is 32.9 Å². The maximum Gasteiger partial charge on any atom is 0.243 e. The van der Waals surface area contributed by atoms with Gasteiger partial charge in [-0.3, -0.25) is 0 Å². The Hall–Kier alpha value is -0.910. The third-order valence-electron chi connectivity index (χ3n) is 4.23. The number of rotatable bonds is 8. The molecular weight excluding hydrogens is 284 g/mol. The number of hydrogen-bond donors (Lipinski definition) is 1. The Bertz CT molecular complexity index is 578. The second-order valence-electron chi connectivity index (χ2n) is 6.39. The Morgan fingerprint density at radius 2 is 1.76 bits per heavy atom. The number of hydrogen-bond acceptors (Lipinski definition) is 3. The fourth-order valence-corrected chi connectivity index (χ4v) is 4.28. The van der Waals surface area contributed by atoms with Crippen LogP contribution in [0.15, 0.2) is 29.2 Å². The summed E-state index contributed by atoms with van der Waals surface area (Å²) in [6.45, 7) is 2.10. The van der Waals surface area contributed by atoms with Crippen molar-refractivity contribution in [1.82, 2.24) is 9.62 Å². The molecule has 1 aromatic carbocycles. The SMILES string of the molecule is CNCc1cccc(S(=O)(=O)N(CC2CC2)CC2CC2)c1. The van der Waals surface area contributed by atoms with Crippen molar-refractivity contribution >= 4 is 10.0 Å². The summed E-state index contributed by atoms with van der Waals surface area (Å²) < 4.78 is 27.6. The minimum absolute atomic E-state index is 0.441. The summed E-state index contributed by atoms with van der Waals surface area (Å²) in [7, 11) is -1.48. The molecule has 0 heterocycles. The average molecular weight is 308 g/mol. The van der Waals surface area contributed by atoms with E-state index in [0.29, 0.717) is 36.4 Å². The van der Waals surface area contributed by atoms with Gasteiger partial charge in [0, 0.05) is 19.6 Å². The summed E-state index contributed by atoms with van der Waals surface area (Å²) in [6, 6.07) is 7.33. The summed E-state index contributed by atoms with van der Waals surface area (Å²) in [6.07, 6.45) is 4.71. The molecule has 2 fully saturated rings. The molecule has 1 N–H and O–H groups in total. The van der Waals surface area contributed by atoms with E-state index in [1.54, 1.807) is 16.4 Å². The van der Waals surface area contributed by atoms with Crippen LogP contribution in [0.4, 0.5) is 0 Å². The second kappa shape index (κ2) is 6.07. The second-order valence-corrected chi connectivity index (χ2v) is 8.32. The van der Waals surface area contributed by atoms with E-state index in [-0.39, 0.29) is 0 Å². The Kier molecular flexibility index (Phi) is 4.33.